The second kappa shape index (κ2) is 2.32. The van der Waals surface area contributed by atoms with E-state index in [1.54, 1.807) is 0 Å². The van der Waals surface area contributed by atoms with E-state index < -0.39 is 20.3 Å². The lowest BCUT2D eigenvalue weighted by molar-refractivity contribution is -0.138. The molecule has 11 heavy (non-hydrogen) atoms. The Balaban J connectivity index is 4.75. The molecule has 0 rings (SSSR count). The molecule has 0 unspecified atom stereocenters. The second-order valence-corrected chi connectivity index (χ2v) is 3.85. The van der Waals surface area contributed by atoms with Crippen molar-refractivity contribution in [2.24, 2.45) is 0 Å². The first-order valence-electron chi connectivity index (χ1n) is 2.01. The summed E-state index contributed by atoms with van der Waals surface area (Å²) in [6.07, 6.45) is 0. The van der Waals surface area contributed by atoms with Crippen LogP contribution in [0.5, 0.6) is 0 Å². The Bertz CT molecular complexity index is 123. The van der Waals surface area contributed by atoms with Crippen molar-refractivity contribution in [3.63, 3.8) is 0 Å². The van der Waals surface area contributed by atoms with Gasteiger partial charge in [-0.1, -0.05) is 0 Å². The summed E-state index contributed by atoms with van der Waals surface area (Å²) in [5.41, 5.74) is 0. The first-order chi connectivity index (χ1) is 4.50. The largest absolute Gasteiger partial charge is 0.644 e. The van der Waals surface area contributed by atoms with Crippen LogP contribution in [0.2, 0.25) is 0 Å². The Kier molecular flexibility index (Phi) is 2.25. The molecule has 0 amide bonds. The van der Waals surface area contributed by atoms with Crippen molar-refractivity contribution in [3.8, 4) is 0 Å². The van der Waals surface area contributed by atoms with Gasteiger partial charge in [-0.2, -0.15) is 26.3 Å². The van der Waals surface area contributed by atoms with Crippen molar-refractivity contribution in [1.82, 2.24) is 0 Å². The lowest BCUT2D eigenvalue weighted by Crippen LogP contribution is -2.55. The summed E-state index contributed by atoms with van der Waals surface area (Å²) < 4.78 is 88.2. The second-order valence-electron chi connectivity index (χ2n) is 1.57. The molecule has 0 nitrogen and oxygen atoms in total. The normalized spacial score (nSPS) is 15.3. The summed E-state index contributed by atoms with van der Waals surface area (Å²) in [6.45, 7) is 0. The van der Waals surface area contributed by atoms with E-state index in [0.29, 0.717) is 0 Å². The molecular weight excluding hydrogens is 204 g/mol. The smallest absolute Gasteiger partial charge is 0.253 e. The van der Waals surface area contributed by atoms with E-state index >= 15 is 0 Å². The molecule has 0 saturated carbocycles. The third kappa shape index (κ3) is 1.82. The highest BCUT2D eigenvalue weighted by Gasteiger charge is 2.80. The lowest BCUT2D eigenvalue weighted by Gasteiger charge is -2.18. The molecule has 0 aliphatic carbocycles. The van der Waals surface area contributed by atoms with Crippen LogP contribution in [0.1, 0.15) is 0 Å². The zero-order chi connectivity index (χ0) is 9.50. The molecule has 0 heterocycles. The number of hydrogen-bond acceptors (Lipinski definition) is 0. The van der Waals surface area contributed by atoms with Gasteiger partial charge in [0.15, 0.2) is 0 Å². The van der Waals surface area contributed by atoms with Crippen LogP contribution in [0, 0.1) is 0 Å². The van der Waals surface area contributed by atoms with Crippen LogP contribution in [0.15, 0.2) is 0 Å². The Labute approximate surface area is 56.2 Å². The SMILES string of the molecule is FC(F)(F)[Si](F)(F)C(F)(F)F. The van der Waals surface area contributed by atoms with Gasteiger partial charge in [0.05, 0.1) is 0 Å². The van der Waals surface area contributed by atoms with Crippen LogP contribution in [0.25, 0.3) is 0 Å². The highest BCUT2D eigenvalue weighted by atomic mass is 28.4. The minimum Gasteiger partial charge on any atom is -0.253 e. The quantitative estimate of drug-likeness (QED) is 0.323. The summed E-state index contributed by atoms with van der Waals surface area (Å²) in [5, 5.41) is 0. The molecule has 0 spiro atoms. The predicted octanol–water partition coefficient (Wildman–Crippen LogP) is 2.57. The third-order valence-corrected chi connectivity index (χ3v) is 2.14. The average Bonchev–Trinajstić information content (AvgIpc) is 1.58. The van der Waals surface area contributed by atoms with E-state index in [1.807, 2.05) is 0 Å². The fourth-order valence-electron chi connectivity index (χ4n) is 0.161. The molecule has 0 atom stereocenters. The van der Waals surface area contributed by atoms with Crippen molar-refractivity contribution in [2.75, 3.05) is 0 Å². The van der Waals surface area contributed by atoms with Crippen LogP contribution in [-0.4, -0.2) is 20.3 Å². The van der Waals surface area contributed by atoms with E-state index in [-0.39, 0.29) is 0 Å². The summed E-state index contributed by atoms with van der Waals surface area (Å²) in [7, 11) is -8.11. The maximum atomic E-state index is 11.3. The van der Waals surface area contributed by atoms with Crippen molar-refractivity contribution in [3.05, 3.63) is 0 Å². The zero-order valence-corrected chi connectivity index (χ0v) is 5.52. The minimum absolute atomic E-state index is 6.44. The number of alkyl halides is 6. The van der Waals surface area contributed by atoms with E-state index in [2.05, 4.69) is 0 Å². The summed E-state index contributed by atoms with van der Waals surface area (Å²) in [6, 6.07) is 0. The van der Waals surface area contributed by atoms with Crippen molar-refractivity contribution in [1.29, 1.82) is 0 Å². The van der Waals surface area contributed by atoms with Gasteiger partial charge in [0, 0.05) is 0 Å². The van der Waals surface area contributed by atoms with Gasteiger partial charge >= 0.3 is 20.3 Å². The number of halogens is 8. The van der Waals surface area contributed by atoms with Gasteiger partial charge in [-0.05, 0) is 0 Å². The van der Waals surface area contributed by atoms with E-state index in [0.717, 1.165) is 0 Å². The molecule has 0 saturated heterocycles. The van der Waals surface area contributed by atoms with Gasteiger partial charge in [-0.25, -0.2) is 0 Å². The van der Waals surface area contributed by atoms with Gasteiger partial charge in [-0.15, -0.1) is 0 Å². The Morgan fingerprint density at radius 1 is 0.636 bits per heavy atom. The molecule has 0 aromatic rings. The standard InChI is InChI=1S/C2F8Si/c3-1(4,5)11(9,10)2(6,7)8. The first kappa shape index (κ1) is 10.7. The lowest BCUT2D eigenvalue weighted by atomic mass is 11.5. The van der Waals surface area contributed by atoms with Crippen molar-refractivity contribution in [2.45, 2.75) is 11.6 Å². The van der Waals surface area contributed by atoms with Crippen LogP contribution in [-0.2, 0) is 0 Å². The molecule has 0 aliphatic rings. The van der Waals surface area contributed by atoms with Gasteiger partial charge < -0.3 is 0 Å². The van der Waals surface area contributed by atoms with Gasteiger partial charge in [0.1, 0.15) is 0 Å². The monoisotopic (exact) mass is 204 g/mol. The highest BCUT2D eigenvalue weighted by molar-refractivity contribution is 6.70. The molecule has 0 bridgehead atoms. The maximum Gasteiger partial charge on any atom is 0.644 e. The van der Waals surface area contributed by atoms with Crippen molar-refractivity contribution < 1.29 is 34.6 Å². The van der Waals surface area contributed by atoms with Crippen LogP contribution in [0.4, 0.5) is 34.6 Å². The van der Waals surface area contributed by atoms with E-state index in [4.69, 9.17) is 0 Å². The molecule has 68 valence electrons. The molecule has 0 N–H and O–H groups in total. The number of hydrogen-bond donors (Lipinski definition) is 0. The van der Waals surface area contributed by atoms with Crippen LogP contribution in [0.3, 0.4) is 0 Å². The molecule has 0 aromatic heterocycles. The topological polar surface area (TPSA) is 0 Å². The molecule has 0 radical (unpaired) electrons. The summed E-state index contributed by atoms with van der Waals surface area (Å²) in [4.78, 5) is 0. The maximum absolute atomic E-state index is 11.3. The fourth-order valence-corrected chi connectivity index (χ4v) is 0.482. The fraction of sp³-hybridized carbons (Fsp3) is 1.00. The van der Waals surface area contributed by atoms with E-state index in [9.17, 15) is 34.6 Å². The Hall–Kier alpha value is -0.343. The van der Waals surface area contributed by atoms with Crippen molar-refractivity contribution >= 4 is 8.74 Å². The predicted molar refractivity (Wildman–Crippen MR) is 20.1 cm³/mol. The number of rotatable bonds is 0. The van der Waals surface area contributed by atoms with Gasteiger partial charge in [0.2, 0.25) is 0 Å². The highest BCUT2D eigenvalue weighted by Crippen LogP contribution is 2.42. The van der Waals surface area contributed by atoms with Gasteiger partial charge in [0.25, 0.3) is 0 Å². The summed E-state index contributed by atoms with van der Waals surface area (Å²) in [5.74, 6) is -12.9. The third-order valence-electron chi connectivity index (χ3n) is 0.712. The molecule has 0 fully saturated rings. The zero-order valence-electron chi connectivity index (χ0n) is 4.52. The Morgan fingerprint density at radius 2 is 0.818 bits per heavy atom. The van der Waals surface area contributed by atoms with Crippen LogP contribution >= 0.6 is 0 Å². The average molecular weight is 204 g/mol. The van der Waals surface area contributed by atoms with E-state index in [1.165, 1.54) is 0 Å². The first-order valence-corrected chi connectivity index (χ1v) is 3.77. The molecule has 9 heteroatoms. The molecule has 0 aromatic carbocycles. The Morgan fingerprint density at radius 3 is 0.818 bits per heavy atom. The minimum atomic E-state index is -8.11. The summed E-state index contributed by atoms with van der Waals surface area (Å²) >= 11 is 0. The van der Waals surface area contributed by atoms with Gasteiger partial charge in [-0.3, -0.25) is 8.22 Å². The molecule has 0 aliphatic heterocycles. The molecular formula is C2F8Si. The van der Waals surface area contributed by atoms with Crippen LogP contribution < -0.4 is 0 Å².